The molecule has 0 bridgehead atoms. The minimum Gasteiger partial charge on any atom is -0.459 e. The summed E-state index contributed by atoms with van der Waals surface area (Å²) in [5, 5.41) is 0. The average molecular weight is 210 g/mol. The average Bonchev–Trinajstić information content (AvgIpc) is 2.11. The minimum atomic E-state index is -4.71. The maximum Gasteiger partial charge on any atom is 0.422 e. The van der Waals surface area contributed by atoms with E-state index in [2.05, 4.69) is 11.3 Å². The largest absolute Gasteiger partial charge is 0.459 e. The number of ether oxygens (including phenoxy) is 1. The van der Waals surface area contributed by atoms with Crippen molar-refractivity contribution in [1.82, 2.24) is 0 Å². The van der Waals surface area contributed by atoms with E-state index in [4.69, 9.17) is 0 Å². The number of alkyl halides is 3. The van der Waals surface area contributed by atoms with Crippen molar-refractivity contribution in [3.05, 3.63) is 12.2 Å². The van der Waals surface area contributed by atoms with Crippen LogP contribution in [0.25, 0.3) is 0 Å². The first-order chi connectivity index (χ1) is 6.32. The van der Waals surface area contributed by atoms with Crippen LogP contribution in [0.3, 0.4) is 0 Å². The Kier molecular flexibility index (Phi) is 4.67. The fraction of sp³-hybridized carbons (Fsp3) is 0.667. The molecule has 0 aromatic carbocycles. The highest BCUT2D eigenvalue weighted by molar-refractivity contribution is 5.89. The molecule has 2 nitrogen and oxygen atoms in total. The Morgan fingerprint density at radius 3 is 2.07 bits per heavy atom. The Bertz CT molecular complexity index is 217. The van der Waals surface area contributed by atoms with Crippen LogP contribution >= 0.6 is 0 Å². The Balaban J connectivity index is 4.29. The van der Waals surface area contributed by atoms with Gasteiger partial charge in [-0.15, -0.1) is 0 Å². The minimum absolute atomic E-state index is 0.471. The van der Waals surface area contributed by atoms with Gasteiger partial charge in [0, 0.05) is 0 Å². The molecule has 0 atom stereocenters. The molecule has 0 N–H and O–H groups in total. The number of esters is 1. The van der Waals surface area contributed by atoms with E-state index in [0.717, 1.165) is 0 Å². The van der Waals surface area contributed by atoms with E-state index in [1.165, 1.54) is 0 Å². The van der Waals surface area contributed by atoms with Gasteiger partial charge in [-0.2, -0.15) is 13.2 Å². The molecule has 0 fully saturated rings. The predicted octanol–water partition coefficient (Wildman–Crippen LogP) is 2.84. The van der Waals surface area contributed by atoms with Crippen molar-refractivity contribution in [3.63, 3.8) is 0 Å². The summed E-state index contributed by atoms with van der Waals surface area (Å²) < 4.78 is 40.5. The van der Waals surface area contributed by atoms with Gasteiger partial charge in [0.15, 0.2) is 0 Å². The zero-order valence-corrected chi connectivity index (χ0v) is 8.15. The summed E-state index contributed by atoms with van der Waals surface area (Å²) in [5.74, 6) is -1.38. The van der Waals surface area contributed by atoms with Gasteiger partial charge in [-0.25, -0.2) is 4.79 Å². The van der Waals surface area contributed by atoms with Gasteiger partial charge in [-0.3, -0.25) is 0 Å². The van der Waals surface area contributed by atoms with E-state index in [1.807, 2.05) is 0 Å². The summed E-state index contributed by atoms with van der Waals surface area (Å²) in [4.78, 5) is 10.9. The SMILES string of the molecule is C=C(C(=O)OC(CC)CC)C(F)(F)F. The van der Waals surface area contributed by atoms with E-state index in [9.17, 15) is 18.0 Å². The highest BCUT2D eigenvalue weighted by Gasteiger charge is 2.38. The fourth-order valence-corrected chi connectivity index (χ4v) is 0.794. The van der Waals surface area contributed by atoms with Gasteiger partial charge in [0.2, 0.25) is 0 Å². The molecule has 0 saturated carbocycles. The van der Waals surface area contributed by atoms with Crippen LogP contribution in [-0.4, -0.2) is 18.2 Å². The van der Waals surface area contributed by atoms with Gasteiger partial charge in [0.1, 0.15) is 11.7 Å². The summed E-state index contributed by atoms with van der Waals surface area (Å²) in [5.41, 5.74) is -1.45. The monoisotopic (exact) mass is 210 g/mol. The Morgan fingerprint density at radius 2 is 1.79 bits per heavy atom. The van der Waals surface area contributed by atoms with E-state index in [1.54, 1.807) is 13.8 Å². The second-order valence-corrected chi connectivity index (χ2v) is 2.82. The van der Waals surface area contributed by atoms with Gasteiger partial charge in [0.05, 0.1) is 0 Å². The zero-order chi connectivity index (χ0) is 11.4. The molecule has 5 heteroatoms. The maximum absolute atomic E-state index is 12.0. The molecule has 82 valence electrons. The summed E-state index contributed by atoms with van der Waals surface area (Å²) in [6.45, 7) is 6.12. The highest BCUT2D eigenvalue weighted by atomic mass is 19.4. The van der Waals surface area contributed by atoms with Crippen LogP contribution in [0.1, 0.15) is 26.7 Å². The number of rotatable bonds is 4. The van der Waals surface area contributed by atoms with Crippen molar-refractivity contribution in [1.29, 1.82) is 0 Å². The van der Waals surface area contributed by atoms with Gasteiger partial charge >= 0.3 is 12.1 Å². The first-order valence-corrected chi connectivity index (χ1v) is 4.30. The number of carbonyl (C=O) groups excluding carboxylic acids is 1. The third kappa shape index (κ3) is 3.81. The summed E-state index contributed by atoms with van der Waals surface area (Å²) in [6.07, 6.45) is -4.19. The second-order valence-electron chi connectivity index (χ2n) is 2.82. The van der Waals surface area contributed by atoms with Crippen LogP contribution < -0.4 is 0 Å². The number of carbonyl (C=O) groups is 1. The number of hydrogen-bond acceptors (Lipinski definition) is 2. The number of hydrogen-bond donors (Lipinski definition) is 0. The van der Waals surface area contributed by atoms with Crippen LogP contribution in [0.15, 0.2) is 12.2 Å². The van der Waals surface area contributed by atoms with Gasteiger partial charge in [-0.05, 0) is 12.8 Å². The third-order valence-corrected chi connectivity index (χ3v) is 1.77. The lowest BCUT2D eigenvalue weighted by Gasteiger charge is -2.15. The smallest absolute Gasteiger partial charge is 0.422 e. The topological polar surface area (TPSA) is 26.3 Å². The van der Waals surface area contributed by atoms with Gasteiger partial charge in [0.25, 0.3) is 0 Å². The Hall–Kier alpha value is -1.00. The van der Waals surface area contributed by atoms with Crippen molar-refractivity contribution < 1.29 is 22.7 Å². The molecule has 0 saturated heterocycles. The molecule has 0 aliphatic heterocycles. The van der Waals surface area contributed by atoms with Crippen LogP contribution in [0.2, 0.25) is 0 Å². The van der Waals surface area contributed by atoms with Crippen LogP contribution in [0.4, 0.5) is 13.2 Å². The van der Waals surface area contributed by atoms with Crippen molar-refractivity contribution in [2.24, 2.45) is 0 Å². The van der Waals surface area contributed by atoms with Crippen molar-refractivity contribution >= 4 is 5.97 Å². The second kappa shape index (κ2) is 5.02. The van der Waals surface area contributed by atoms with Crippen LogP contribution in [0, 0.1) is 0 Å². The van der Waals surface area contributed by atoms with E-state index < -0.39 is 23.8 Å². The molecule has 0 aromatic rings. The molecular formula is C9H13F3O2. The molecular weight excluding hydrogens is 197 g/mol. The first-order valence-electron chi connectivity index (χ1n) is 4.30. The van der Waals surface area contributed by atoms with E-state index in [-0.39, 0.29) is 0 Å². The van der Waals surface area contributed by atoms with Crippen molar-refractivity contribution in [2.75, 3.05) is 0 Å². The third-order valence-electron chi connectivity index (χ3n) is 1.77. The van der Waals surface area contributed by atoms with Crippen molar-refractivity contribution in [2.45, 2.75) is 39.0 Å². The van der Waals surface area contributed by atoms with E-state index in [0.29, 0.717) is 12.8 Å². The molecule has 0 amide bonds. The lowest BCUT2D eigenvalue weighted by atomic mass is 10.2. The predicted molar refractivity (Wildman–Crippen MR) is 45.7 cm³/mol. The normalized spacial score (nSPS) is 11.6. The summed E-state index contributed by atoms with van der Waals surface area (Å²) in [6, 6.07) is 0. The fourth-order valence-electron chi connectivity index (χ4n) is 0.794. The van der Waals surface area contributed by atoms with Crippen molar-refractivity contribution in [3.8, 4) is 0 Å². The molecule has 0 aliphatic carbocycles. The molecule has 0 heterocycles. The van der Waals surface area contributed by atoms with Crippen LogP contribution in [0.5, 0.6) is 0 Å². The lowest BCUT2D eigenvalue weighted by Crippen LogP contribution is -2.25. The van der Waals surface area contributed by atoms with Crippen LogP contribution in [-0.2, 0) is 9.53 Å². The van der Waals surface area contributed by atoms with E-state index >= 15 is 0 Å². The molecule has 0 spiro atoms. The molecule has 0 aliphatic rings. The molecule has 0 radical (unpaired) electrons. The molecule has 0 aromatic heterocycles. The maximum atomic E-state index is 12.0. The quantitative estimate of drug-likeness (QED) is 0.526. The standard InChI is InChI=1S/C9H13F3O2/c1-4-7(5-2)14-8(13)6(3)9(10,11)12/h7H,3-5H2,1-2H3. The van der Waals surface area contributed by atoms with Gasteiger partial charge < -0.3 is 4.74 Å². The molecule has 14 heavy (non-hydrogen) atoms. The summed E-state index contributed by atoms with van der Waals surface area (Å²) >= 11 is 0. The highest BCUT2D eigenvalue weighted by Crippen LogP contribution is 2.25. The number of halogens is 3. The Labute approximate surface area is 80.7 Å². The van der Waals surface area contributed by atoms with Gasteiger partial charge in [-0.1, -0.05) is 20.4 Å². The lowest BCUT2D eigenvalue weighted by molar-refractivity contribution is -0.155. The Morgan fingerprint density at radius 1 is 1.36 bits per heavy atom. The molecule has 0 unspecified atom stereocenters. The first kappa shape index (κ1) is 13.0. The summed E-state index contributed by atoms with van der Waals surface area (Å²) in [7, 11) is 0. The zero-order valence-electron chi connectivity index (χ0n) is 8.15. The molecule has 0 rings (SSSR count).